The average Bonchev–Trinajstić information content (AvgIpc) is 1.82. The second kappa shape index (κ2) is 4.77. The molecule has 0 heterocycles. The fourth-order valence-electron chi connectivity index (χ4n) is 0.635. The summed E-state index contributed by atoms with van der Waals surface area (Å²) in [4.78, 5) is 0. The molecule has 0 radical (unpaired) electrons. The first-order chi connectivity index (χ1) is 4.18. The van der Waals surface area contributed by atoms with Crippen molar-refractivity contribution >= 4 is 0 Å². The maximum absolute atomic E-state index is 5.65. The summed E-state index contributed by atoms with van der Waals surface area (Å²) in [5.41, 5.74) is 5.65. The Labute approximate surface area is 57.8 Å². The molecule has 0 aliphatic heterocycles. The summed E-state index contributed by atoms with van der Waals surface area (Å²) in [6, 6.07) is 0.332. The molecular formula is C7H18N2. The Morgan fingerprint density at radius 2 is 2.00 bits per heavy atom. The molecule has 56 valence electrons. The van der Waals surface area contributed by atoms with Crippen LogP contribution in [0.1, 0.15) is 20.3 Å². The summed E-state index contributed by atoms with van der Waals surface area (Å²) >= 11 is 0. The first-order valence-corrected chi connectivity index (χ1v) is 3.58. The van der Waals surface area contributed by atoms with E-state index in [2.05, 4.69) is 19.2 Å². The third kappa shape index (κ3) is 4.43. The molecule has 2 unspecified atom stereocenters. The highest BCUT2D eigenvalue weighted by Gasteiger charge is 2.04. The zero-order valence-corrected chi connectivity index (χ0v) is 6.65. The molecule has 0 amide bonds. The van der Waals surface area contributed by atoms with Crippen molar-refractivity contribution in [3.05, 3.63) is 0 Å². The normalized spacial score (nSPS) is 17.3. The quantitative estimate of drug-likeness (QED) is 0.584. The number of hydrogen-bond acceptors (Lipinski definition) is 2. The van der Waals surface area contributed by atoms with Gasteiger partial charge in [-0.15, -0.1) is 0 Å². The Morgan fingerprint density at radius 1 is 1.44 bits per heavy atom. The van der Waals surface area contributed by atoms with Gasteiger partial charge in [0.15, 0.2) is 0 Å². The minimum absolute atomic E-state index is 0.332. The summed E-state index contributed by atoms with van der Waals surface area (Å²) in [5.74, 6) is 0.637. The van der Waals surface area contributed by atoms with E-state index in [1.807, 2.05) is 7.05 Å². The lowest BCUT2D eigenvalue weighted by Crippen LogP contribution is -2.26. The molecule has 0 aromatic heterocycles. The summed E-state index contributed by atoms with van der Waals surface area (Å²) in [6.45, 7) is 5.31. The van der Waals surface area contributed by atoms with E-state index in [0.29, 0.717) is 12.0 Å². The van der Waals surface area contributed by atoms with Gasteiger partial charge >= 0.3 is 0 Å². The van der Waals surface area contributed by atoms with Crippen LogP contribution < -0.4 is 11.1 Å². The third-order valence-electron chi connectivity index (χ3n) is 1.75. The van der Waals surface area contributed by atoms with E-state index in [1.165, 1.54) is 6.42 Å². The molecule has 0 aliphatic carbocycles. The van der Waals surface area contributed by atoms with Crippen LogP contribution in [0.4, 0.5) is 0 Å². The van der Waals surface area contributed by atoms with Gasteiger partial charge in [-0.3, -0.25) is 0 Å². The fourth-order valence-corrected chi connectivity index (χ4v) is 0.635. The smallest absolute Gasteiger partial charge is 0.00366 e. The van der Waals surface area contributed by atoms with Crippen molar-refractivity contribution in [2.75, 3.05) is 13.6 Å². The standard InChI is InChI=1S/C7H18N2/c1-6(7(2)8)4-5-9-3/h6-7,9H,4-5,8H2,1-3H3. The van der Waals surface area contributed by atoms with Gasteiger partial charge < -0.3 is 11.1 Å². The Kier molecular flexibility index (Phi) is 4.72. The van der Waals surface area contributed by atoms with E-state index in [0.717, 1.165) is 6.54 Å². The predicted molar refractivity (Wildman–Crippen MR) is 41.4 cm³/mol. The van der Waals surface area contributed by atoms with Gasteiger partial charge in [-0.25, -0.2) is 0 Å². The lowest BCUT2D eigenvalue weighted by atomic mass is 10.0. The van der Waals surface area contributed by atoms with Gasteiger partial charge in [0.2, 0.25) is 0 Å². The largest absolute Gasteiger partial charge is 0.328 e. The Balaban J connectivity index is 3.16. The molecule has 2 atom stereocenters. The first kappa shape index (κ1) is 8.92. The van der Waals surface area contributed by atoms with E-state index >= 15 is 0 Å². The van der Waals surface area contributed by atoms with E-state index in [-0.39, 0.29) is 0 Å². The molecule has 9 heavy (non-hydrogen) atoms. The van der Waals surface area contributed by atoms with E-state index in [4.69, 9.17) is 5.73 Å². The van der Waals surface area contributed by atoms with Crippen LogP contribution in [0.5, 0.6) is 0 Å². The maximum atomic E-state index is 5.65. The topological polar surface area (TPSA) is 38.0 Å². The predicted octanol–water partition coefficient (Wildman–Crippen LogP) is 0.579. The molecule has 0 spiro atoms. The molecule has 0 aliphatic rings. The lowest BCUT2D eigenvalue weighted by molar-refractivity contribution is 0.443. The first-order valence-electron chi connectivity index (χ1n) is 3.58. The summed E-state index contributed by atoms with van der Waals surface area (Å²) < 4.78 is 0. The number of nitrogens with one attached hydrogen (secondary N) is 1. The van der Waals surface area contributed by atoms with Crippen LogP contribution >= 0.6 is 0 Å². The van der Waals surface area contributed by atoms with Crippen molar-refractivity contribution in [1.82, 2.24) is 5.32 Å². The molecule has 2 nitrogen and oxygen atoms in total. The van der Waals surface area contributed by atoms with Gasteiger partial charge in [0, 0.05) is 6.04 Å². The molecule has 0 saturated carbocycles. The highest BCUT2D eigenvalue weighted by Crippen LogP contribution is 2.03. The van der Waals surface area contributed by atoms with Gasteiger partial charge in [-0.2, -0.15) is 0 Å². The van der Waals surface area contributed by atoms with Crippen molar-refractivity contribution in [1.29, 1.82) is 0 Å². The van der Waals surface area contributed by atoms with Crippen LogP contribution in [0.25, 0.3) is 0 Å². The second-order valence-corrected chi connectivity index (χ2v) is 2.73. The van der Waals surface area contributed by atoms with Gasteiger partial charge in [-0.05, 0) is 32.9 Å². The maximum Gasteiger partial charge on any atom is 0.00366 e. The van der Waals surface area contributed by atoms with Crippen LogP contribution in [0.3, 0.4) is 0 Å². The fraction of sp³-hybridized carbons (Fsp3) is 1.00. The third-order valence-corrected chi connectivity index (χ3v) is 1.75. The molecular weight excluding hydrogens is 112 g/mol. The van der Waals surface area contributed by atoms with Crippen molar-refractivity contribution in [2.45, 2.75) is 26.3 Å². The molecule has 0 aromatic rings. The van der Waals surface area contributed by atoms with Crippen molar-refractivity contribution in [2.24, 2.45) is 11.7 Å². The minimum atomic E-state index is 0.332. The summed E-state index contributed by atoms with van der Waals surface area (Å²) in [7, 11) is 1.97. The molecule has 0 aromatic carbocycles. The zero-order valence-electron chi connectivity index (χ0n) is 6.65. The van der Waals surface area contributed by atoms with Crippen molar-refractivity contribution < 1.29 is 0 Å². The number of rotatable bonds is 4. The number of nitrogens with two attached hydrogens (primary N) is 1. The van der Waals surface area contributed by atoms with Crippen molar-refractivity contribution in [3.63, 3.8) is 0 Å². The molecule has 0 rings (SSSR count). The monoisotopic (exact) mass is 130 g/mol. The molecule has 2 heteroatoms. The summed E-state index contributed by atoms with van der Waals surface area (Å²) in [5, 5.41) is 3.10. The zero-order chi connectivity index (χ0) is 7.28. The van der Waals surface area contributed by atoms with Crippen molar-refractivity contribution in [3.8, 4) is 0 Å². The van der Waals surface area contributed by atoms with Gasteiger partial charge in [-0.1, -0.05) is 6.92 Å². The van der Waals surface area contributed by atoms with E-state index < -0.39 is 0 Å². The molecule has 0 fully saturated rings. The van der Waals surface area contributed by atoms with E-state index in [9.17, 15) is 0 Å². The van der Waals surface area contributed by atoms with E-state index in [1.54, 1.807) is 0 Å². The van der Waals surface area contributed by atoms with Crippen LogP contribution in [-0.4, -0.2) is 19.6 Å². The van der Waals surface area contributed by atoms with Crippen LogP contribution in [-0.2, 0) is 0 Å². The Morgan fingerprint density at radius 3 is 2.33 bits per heavy atom. The highest BCUT2D eigenvalue weighted by atomic mass is 14.8. The molecule has 0 saturated heterocycles. The minimum Gasteiger partial charge on any atom is -0.328 e. The van der Waals surface area contributed by atoms with Crippen LogP contribution in [0.15, 0.2) is 0 Å². The Hall–Kier alpha value is -0.0800. The second-order valence-electron chi connectivity index (χ2n) is 2.73. The summed E-state index contributed by atoms with van der Waals surface area (Å²) in [6.07, 6.45) is 1.17. The van der Waals surface area contributed by atoms with Gasteiger partial charge in [0.25, 0.3) is 0 Å². The van der Waals surface area contributed by atoms with Gasteiger partial charge in [0.05, 0.1) is 0 Å². The van der Waals surface area contributed by atoms with Gasteiger partial charge in [0.1, 0.15) is 0 Å². The number of hydrogen-bond donors (Lipinski definition) is 2. The SMILES string of the molecule is CNCCC(C)C(C)N. The van der Waals surface area contributed by atoms with Crippen LogP contribution in [0.2, 0.25) is 0 Å². The lowest BCUT2D eigenvalue weighted by Gasteiger charge is -2.14. The average molecular weight is 130 g/mol. The highest BCUT2D eigenvalue weighted by molar-refractivity contribution is 4.63. The molecule has 0 bridgehead atoms. The molecule has 3 N–H and O–H groups in total. The Bertz CT molecular complexity index is 61.9. The van der Waals surface area contributed by atoms with Crippen LogP contribution in [0, 0.1) is 5.92 Å².